The maximum Gasteiger partial charge on any atom is 0.321 e. The molecular formula is C21H24N4O4S. The van der Waals surface area contributed by atoms with Gasteiger partial charge in [-0.3, -0.25) is 15.0 Å². The molecule has 2 fully saturated rings. The molecule has 0 spiro atoms. The van der Waals surface area contributed by atoms with Crippen molar-refractivity contribution in [2.24, 2.45) is 0 Å². The molecule has 0 aromatic heterocycles. The van der Waals surface area contributed by atoms with E-state index in [0.717, 1.165) is 11.1 Å². The number of amides is 3. The highest BCUT2D eigenvalue weighted by molar-refractivity contribution is 7.90. The standard InChI is InChI=1S/C21H24N4O4S/c26-20-18(15-22-21(27)23-20)30(28,29)25-13-11-24(12-14-25)19(16-7-3-1-4-8-16)17-9-5-2-6-10-17/h1-10,18-19H,11-15H2,(H2,22,23,26,27). The number of benzene rings is 2. The molecule has 0 radical (unpaired) electrons. The van der Waals surface area contributed by atoms with Crippen LogP contribution in [0.25, 0.3) is 0 Å². The average molecular weight is 429 g/mol. The Morgan fingerprint density at radius 3 is 1.87 bits per heavy atom. The number of hydrogen-bond acceptors (Lipinski definition) is 5. The molecule has 2 N–H and O–H groups in total. The van der Waals surface area contributed by atoms with Gasteiger partial charge in [0.25, 0.3) is 0 Å². The van der Waals surface area contributed by atoms with Gasteiger partial charge in [-0.15, -0.1) is 0 Å². The van der Waals surface area contributed by atoms with Crippen molar-refractivity contribution in [1.82, 2.24) is 19.8 Å². The Morgan fingerprint density at radius 1 is 0.833 bits per heavy atom. The van der Waals surface area contributed by atoms with E-state index in [1.54, 1.807) is 0 Å². The van der Waals surface area contributed by atoms with Crippen molar-refractivity contribution in [3.63, 3.8) is 0 Å². The van der Waals surface area contributed by atoms with Crippen LogP contribution in [-0.4, -0.2) is 67.5 Å². The van der Waals surface area contributed by atoms with Crippen LogP contribution < -0.4 is 10.6 Å². The summed E-state index contributed by atoms with van der Waals surface area (Å²) in [5.74, 6) is -0.771. The van der Waals surface area contributed by atoms with E-state index in [1.165, 1.54) is 4.31 Å². The second kappa shape index (κ2) is 8.55. The van der Waals surface area contributed by atoms with Gasteiger partial charge in [-0.1, -0.05) is 60.7 Å². The van der Waals surface area contributed by atoms with Crippen molar-refractivity contribution in [3.8, 4) is 0 Å². The lowest BCUT2D eigenvalue weighted by Gasteiger charge is -2.40. The van der Waals surface area contributed by atoms with Gasteiger partial charge >= 0.3 is 6.03 Å². The molecule has 0 bridgehead atoms. The largest absolute Gasteiger partial charge is 0.336 e. The average Bonchev–Trinajstić information content (AvgIpc) is 2.76. The molecule has 2 aliphatic heterocycles. The van der Waals surface area contributed by atoms with Gasteiger partial charge in [0, 0.05) is 32.7 Å². The molecule has 1 atom stereocenters. The Kier molecular flexibility index (Phi) is 5.85. The Hall–Kier alpha value is -2.75. The summed E-state index contributed by atoms with van der Waals surface area (Å²) in [7, 11) is -3.86. The van der Waals surface area contributed by atoms with E-state index in [4.69, 9.17) is 0 Å². The summed E-state index contributed by atoms with van der Waals surface area (Å²) in [6.45, 7) is 1.44. The zero-order valence-corrected chi connectivity index (χ0v) is 17.2. The fourth-order valence-corrected chi connectivity index (χ4v) is 5.69. The molecule has 2 aromatic carbocycles. The smallest absolute Gasteiger partial charge is 0.321 e. The molecule has 2 aromatic rings. The lowest BCUT2D eigenvalue weighted by Crippen LogP contribution is -2.61. The number of imide groups is 1. The van der Waals surface area contributed by atoms with E-state index in [0.29, 0.717) is 13.1 Å². The van der Waals surface area contributed by atoms with Crippen LogP contribution in [0.4, 0.5) is 4.79 Å². The van der Waals surface area contributed by atoms with Crippen molar-refractivity contribution in [3.05, 3.63) is 71.8 Å². The Morgan fingerprint density at radius 2 is 1.37 bits per heavy atom. The third-order valence-corrected chi connectivity index (χ3v) is 7.75. The molecule has 3 amide bonds. The molecule has 4 rings (SSSR count). The molecule has 2 aliphatic rings. The van der Waals surface area contributed by atoms with E-state index in [9.17, 15) is 18.0 Å². The molecule has 30 heavy (non-hydrogen) atoms. The van der Waals surface area contributed by atoms with Crippen molar-refractivity contribution in [1.29, 1.82) is 0 Å². The van der Waals surface area contributed by atoms with Gasteiger partial charge in [0.05, 0.1) is 6.04 Å². The summed E-state index contributed by atoms with van der Waals surface area (Å²) in [5.41, 5.74) is 2.30. The van der Waals surface area contributed by atoms with Crippen molar-refractivity contribution in [2.45, 2.75) is 11.3 Å². The molecule has 1 unspecified atom stereocenters. The van der Waals surface area contributed by atoms with Gasteiger partial charge in [-0.25, -0.2) is 13.2 Å². The van der Waals surface area contributed by atoms with Crippen molar-refractivity contribution < 1.29 is 18.0 Å². The minimum atomic E-state index is -3.86. The number of piperazine rings is 1. The summed E-state index contributed by atoms with van der Waals surface area (Å²) in [5, 5.41) is 3.14. The first-order valence-electron chi connectivity index (χ1n) is 9.88. The zero-order valence-electron chi connectivity index (χ0n) is 16.4. The first kappa shape index (κ1) is 20.5. The predicted octanol–water partition coefficient (Wildman–Crippen LogP) is 0.931. The van der Waals surface area contributed by atoms with Crippen LogP contribution in [0, 0.1) is 0 Å². The Balaban J connectivity index is 1.51. The van der Waals surface area contributed by atoms with Crippen molar-refractivity contribution >= 4 is 22.0 Å². The third kappa shape index (κ3) is 4.09. The van der Waals surface area contributed by atoms with Crippen LogP contribution in [-0.2, 0) is 14.8 Å². The third-order valence-electron chi connectivity index (χ3n) is 5.57. The SMILES string of the molecule is O=C1NCC(S(=O)(=O)N2CCN(C(c3ccccc3)c3ccccc3)CC2)C(=O)N1. The molecular weight excluding hydrogens is 404 g/mol. The quantitative estimate of drug-likeness (QED) is 0.738. The molecule has 158 valence electrons. The van der Waals surface area contributed by atoms with Crippen LogP contribution in [0.3, 0.4) is 0 Å². The van der Waals surface area contributed by atoms with Crippen LogP contribution >= 0.6 is 0 Å². The van der Waals surface area contributed by atoms with Gasteiger partial charge in [0.2, 0.25) is 15.9 Å². The van der Waals surface area contributed by atoms with Gasteiger partial charge in [0.1, 0.15) is 0 Å². The number of carbonyl (C=O) groups excluding carboxylic acids is 2. The zero-order chi connectivity index (χ0) is 21.1. The van der Waals surface area contributed by atoms with Crippen molar-refractivity contribution in [2.75, 3.05) is 32.7 Å². The Bertz CT molecular complexity index is 966. The number of hydrogen-bond donors (Lipinski definition) is 2. The number of sulfonamides is 1. The normalized spacial score (nSPS) is 21.3. The van der Waals surface area contributed by atoms with E-state index in [1.807, 2.05) is 41.7 Å². The van der Waals surface area contributed by atoms with Gasteiger partial charge in [0.15, 0.2) is 5.25 Å². The van der Waals surface area contributed by atoms with E-state index in [2.05, 4.69) is 34.5 Å². The summed E-state index contributed by atoms with van der Waals surface area (Å²) >= 11 is 0. The second-order valence-corrected chi connectivity index (χ2v) is 9.51. The lowest BCUT2D eigenvalue weighted by atomic mass is 9.96. The molecule has 0 aliphatic carbocycles. The predicted molar refractivity (Wildman–Crippen MR) is 112 cm³/mol. The second-order valence-electron chi connectivity index (χ2n) is 7.39. The van der Waals surface area contributed by atoms with E-state index < -0.39 is 27.2 Å². The summed E-state index contributed by atoms with van der Waals surface area (Å²) in [6.07, 6.45) is 0. The monoisotopic (exact) mass is 428 g/mol. The maximum absolute atomic E-state index is 13.0. The number of nitrogens with zero attached hydrogens (tertiary/aromatic N) is 2. The van der Waals surface area contributed by atoms with Gasteiger partial charge in [-0.2, -0.15) is 4.31 Å². The fourth-order valence-electron chi connectivity index (χ4n) is 4.04. The van der Waals surface area contributed by atoms with Crippen LogP contribution in [0.15, 0.2) is 60.7 Å². The lowest BCUT2D eigenvalue weighted by molar-refractivity contribution is -0.120. The fraction of sp³-hybridized carbons (Fsp3) is 0.333. The van der Waals surface area contributed by atoms with E-state index in [-0.39, 0.29) is 25.7 Å². The summed E-state index contributed by atoms with van der Waals surface area (Å²) in [4.78, 5) is 25.6. The van der Waals surface area contributed by atoms with Crippen LogP contribution in [0.2, 0.25) is 0 Å². The number of nitrogens with one attached hydrogen (secondary N) is 2. The summed E-state index contributed by atoms with van der Waals surface area (Å²) < 4.78 is 27.3. The number of rotatable bonds is 5. The minimum Gasteiger partial charge on any atom is -0.336 e. The van der Waals surface area contributed by atoms with Gasteiger partial charge < -0.3 is 5.32 Å². The van der Waals surface area contributed by atoms with Crippen LogP contribution in [0.1, 0.15) is 17.2 Å². The first-order chi connectivity index (χ1) is 14.5. The molecule has 2 heterocycles. The molecule has 9 heteroatoms. The molecule has 8 nitrogen and oxygen atoms in total. The minimum absolute atomic E-state index is 0.0227. The van der Waals surface area contributed by atoms with Crippen LogP contribution in [0.5, 0.6) is 0 Å². The first-order valence-corrected chi connectivity index (χ1v) is 11.4. The molecule has 0 saturated carbocycles. The number of carbonyl (C=O) groups is 2. The van der Waals surface area contributed by atoms with Gasteiger partial charge in [-0.05, 0) is 11.1 Å². The highest BCUT2D eigenvalue weighted by atomic mass is 32.2. The number of urea groups is 1. The maximum atomic E-state index is 13.0. The summed E-state index contributed by atoms with van der Waals surface area (Å²) in [6, 6.07) is 19.6. The topological polar surface area (TPSA) is 98.8 Å². The highest BCUT2D eigenvalue weighted by Gasteiger charge is 2.42. The Labute approximate surface area is 175 Å². The molecule has 2 saturated heterocycles. The van der Waals surface area contributed by atoms with E-state index >= 15 is 0 Å². The highest BCUT2D eigenvalue weighted by Crippen LogP contribution is 2.30.